The van der Waals surface area contributed by atoms with Gasteiger partial charge in [0.15, 0.2) is 0 Å². The minimum atomic E-state index is -0.846. The largest absolute Gasteiger partial charge is 0.421 e. The summed E-state index contributed by atoms with van der Waals surface area (Å²) in [5.74, 6) is -0.402. The molecule has 1 heterocycles. The predicted molar refractivity (Wildman–Crippen MR) is 63.7 cm³/mol. The number of rotatable bonds is 2. The van der Waals surface area contributed by atoms with Crippen molar-refractivity contribution in [2.45, 2.75) is 9.92 Å². The molecule has 0 amide bonds. The zero-order valence-corrected chi connectivity index (χ0v) is 10.1. The van der Waals surface area contributed by atoms with E-state index in [-0.39, 0.29) is 4.73 Å². The highest BCUT2D eigenvalue weighted by molar-refractivity contribution is 7.99. The van der Waals surface area contributed by atoms with Gasteiger partial charge in [0, 0.05) is 18.0 Å². The van der Waals surface area contributed by atoms with Crippen LogP contribution in [0.4, 0.5) is 4.39 Å². The van der Waals surface area contributed by atoms with E-state index in [1.165, 1.54) is 25.2 Å². The first-order valence-electron chi connectivity index (χ1n) is 4.95. The van der Waals surface area contributed by atoms with Gasteiger partial charge in [-0.05, 0) is 18.2 Å². The third kappa shape index (κ3) is 2.30. The molecule has 0 aliphatic carbocycles. The van der Waals surface area contributed by atoms with E-state index in [9.17, 15) is 14.0 Å². The highest BCUT2D eigenvalue weighted by Crippen LogP contribution is 2.25. The Kier molecular flexibility index (Phi) is 3.24. The molecular formula is C11H9FN2O3S. The van der Waals surface area contributed by atoms with Gasteiger partial charge in [0.05, 0.1) is 5.03 Å². The molecule has 1 aromatic carbocycles. The lowest BCUT2D eigenvalue weighted by Crippen LogP contribution is -2.37. The van der Waals surface area contributed by atoms with E-state index in [1.54, 1.807) is 6.07 Å². The number of nitrogens with zero attached hydrogens (tertiary/aromatic N) is 2. The van der Waals surface area contributed by atoms with Crippen LogP contribution in [0.15, 0.2) is 49.8 Å². The number of benzene rings is 1. The van der Waals surface area contributed by atoms with Gasteiger partial charge in [-0.3, -0.25) is 9.36 Å². The second-order valence-electron chi connectivity index (χ2n) is 3.53. The van der Waals surface area contributed by atoms with E-state index in [0.29, 0.717) is 9.92 Å². The quantitative estimate of drug-likeness (QED) is 0.653. The normalized spacial score (nSPS) is 10.6. The molecule has 2 aromatic rings. The first-order chi connectivity index (χ1) is 8.49. The van der Waals surface area contributed by atoms with Crippen LogP contribution in [0.3, 0.4) is 0 Å². The number of hydrogen-bond donors (Lipinski definition) is 1. The average Bonchev–Trinajstić information content (AvgIpc) is 2.33. The average molecular weight is 268 g/mol. The van der Waals surface area contributed by atoms with Gasteiger partial charge in [0.2, 0.25) is 0 Å². The van der Waals surface area contributed by atoms with Crippen LogP contribution < -0.4 is 11.2 Å². The highest BCUT2D eigenvalue weighted by Gasteiger charge is 2.09. The molecule has 5 nitrogen and oxygen atoms in total. The van der Waals surface area contributed by atoms with Gasteiger partial charge in [-0.15, -0.1) is 0 Å². The van der Waals surface area contributed by atoms with Crippen LogP contribution in [-0.4, -0.2) is 14.5 Å². The summed E-state index contributed by atoms with van der Waals surface area (Å²) in [6.07, 6.45) is 0. The molecule has 0 bridgehead atoms. The van der Waals surface area contributed by atoms with Crippen LogP contribution in [0, 0.1) is 5.82 Å². The molecule has 0 fully saturated rings. The first kappa shape index (κ1) is 12.4. The summed E-state index contributed by atoms with van der Waals surface area (Å²) in [4.78, 5) is 23.3. The summed E-state index contributed by atoms with van der Waals surface area (Å²) >= 11 is 1.06. The fraction of sp³-hybridized carbons (Fsp3) is 0.0909. The van der Waals surface area contributed by atoms with Crippen LogP contribution in [-0.2, 0) is 7.05 Å². The van der Waals surface area contributed by atoms with Gasteiger partial charge < -0.3 is 5.21 Å². The molecule has 0 aliphatic rings. The highest BCUT2D eigenvalue weighted by atomic mass is 32.2. The van der Waals surface area contributed by atoms with Crippen LogP contribution >= 0.6 is 11.8 Å². The number of hydrogen-bond acceptors (Lipinski definition) is 4. The maximum Gasteiger partial charge on any atom is 0.365 e. The Labute approximate surface area is 105 Å². The molecule has 2 rings (SSSR count). The van der Waals surface area contributed by atoms with Crippen molar-refractivity contribution in [3.05, 3.63) is 57.0 Å². The lowest BCUT2D eigenvalue weighted by molar-refractivity contribution is 0.153. The summed E-state index contributed by atoms with van der Waals surface area (Å²) < 4.78 is 14.1. The van der Waals surface area contributed by atoms with Gasteiger partial charge in [-0.25, -0.2) is 9.18 Å². The topological polar surface area (TPSA) is 64.2 Å². The summed E-state index contributed by atoms with van der Waals surface area (Å²) in [7, 11) is 1.41. The molecule has 0 unspecified atom stereocenters. The minimum Gasteiger partial charge on any atom is -0.421 e. The Hall–Kier alpha value is -2.02. The van der Waals surface area contributed by atoms with Crippen molar-refractivity contribution in [2.24, 2.45) is 7.05 Å². The van der Waals surface area contributed by atoms with E-state index in [0.717, 1.165) is 22.4 Å². The lowest BCUT2D eigenvalue weighted by atomic mass is 10.4. The molecule has 0 aliphatic heterocycles. The molecule has 0 atom stereocenters. The van der Waals surface area contributed by atoms with Gasteiger partial charge >= 0.3 is 5.69 Å². The SMILES string of the molecule is Cn1c(Sc2cccc(F)c2)cc(=O)n(O)c1=O. The van der Waals surface area contributed by atoms with Gasteiger partial charge in [0.1, 0.15) is 5.82 Å². The monoisotopic (exact) mass is 268 g/mol. The van der Waals surface area contributed by atoms with Crippen LogP contribution in [0.1, 0.15) is 0 Å². The lowest BCUT2D eigenvalue weighted by Gasteiger charge is -2.07. The summed E-state index contributed by atoms with van der Waals surface area (Å²) in [6, 6.07) is 6.89. The van der Waals surface area contributed by atoms with Gasteiger partial charge in [-0.1, -0.05) is 22.6 Å². The second kappa shape index (κ2) is 4.69. The molecule has 0 saturated heterocycles. The van der Waals surface area contributed by atoms with Crippen LogP contribution in [0.5, 0.6) is 0 Å². The van der Waals surface area contributed by atoms with E-state index in [1.807, 2.05) is 0 Å². The van der Waals surface area contributed by atoms with Gasteiger partial charge in [-0.2, -0.15) is 0 Å². The second-order valence-corrected chi connectivity index (χ2v) is 4.63. The van der Waals surface area contributed by atoms with E-state index in [2.05, 4.69) is 0 Å². The maximum atomic E-state index is 13.0. The third-order valence-electron chi connectivity index (χ3n) is 2.27. The standard InChI is InChI=1S/C11H9FN2O3S/c1-13-10(6-9(15)14(17)11(13)16)18-8-4-2-3-7(12)5-8/h2-6,17H,1H3. The van der Waals surface area contributed by atoms with Crippen molar-refractivity contribution >= 4 is 11.8 Å². The first-order valence-corrected chi connectivity index (χ1v) is 5.76. The molecule has 94 valence electrons. The van der Waals surface area contributed by atoms with Crippen LogP contribution in [0.2, 0.25) is 0 Å². The molecule has 0 radical (unpaired) electrons. The van der Waals surface area contributed by atoms with Crippen molar-refractivity contribution in [1.82, 2.24) is 9.30 Å². The predicted octanol–water partition coefficient (Wildman–Crippen LogP) is 1.07. The van der Waals surface area contributed by atoms with Crippen molar-refractivity contribution in [2.75, 3.05) is 0 Å². The molecule has 1 aromatic heterocycles. The fourth-order valence-corrected chi connectivity index (χ4v) is 2.28. The molecule has 1 N–H and O–H groups in total. The molecule has 18 heavy (non-hydrogen) atoms. The summed E-state index contributed by atoms with van der Waals surface area (Å²) in [6.45, 7) is 0. The van der Waals surface area contributed by atoms with E-state index in [4.69, 9.17) is 5.21 Å². The molecular weight excluding hydrogens is 259 g/mol. The Morgan fingerprint density at radius 2 is 2.00 bits per heavy atom. The Morgan fingerprint density at radius 3 is 2.67 bits per heavy atom. The van der Waals surface area contributed by atoms with Crippen molar-refractivity contribution in [3.8, 4) is 0 Å². The molecule has 7 heteroatoms. The number of halogens is 1. The third-order valence-corrected chi connectivity index (χ3v) is 3.36. The zero-order valence-electron chi connectivity index (χ0n) is 9.33. The zero-order chi connectivity index (χ0) is 13.3. The van der Waals surface area contributed by atoms with Crippen molar-refractivity contribution in [1.29, 1.82) is 0 Å². The fourth-order valence-electron chi connectivity index (χ4n) is 1.34. The maximum absolute atomic E-state index is 13.0. The van der Waals surface area contributed by atoms with Crippen LogP contribution in [0.25, 0.3) is 0 Å². The number of aromatic nitrogens is 2. The molecule has 0 spiro atoms. The van der Waals surface area contributed by atoms with E-state index >= 15 is 0 Å². The Bertz CT molecular complexity index is 708. The smallest absolute Gasteiger partial charge is 0.365 e. The van der Waals surface area contributed by atoms with Crippen molar-refractivity contribution in [3.63, 3.8) is 0 Å². The minimum absolute atomic E-state index is 0.0234. The summed E-state index contributed by atoms with van der Waals surface area (Å²) in [5.41, 5.74) is -1.67. The van der Waals surface area contributed by atoms with Crippen molar-refractivity contribution < 1.29 is 9.60 Å². The Morgan fingerprint density at radius 1 is 1.28 bits per heavy atom. The Balaban J connectivity index is 2.48. The van der Waals surface area contributed by atoms with E-state index < -0.39 is 17.1 Å². The van der Waals surface area contributed by atoms with Gasteiger partial charge in [0.25, 0.3) is 5.56 Å². The molecule has 0 saturated carbocycles. The summed E-state index contributed by atoms with van der Waals surface area (Å²) in [5, 5.41) is 9.44.